The minimum atomic E-state index is -0.797. The average Bonchev–Trinajstić information content (AvgIpc) is 2.44. The second-order valence-electron chi connectivity index (χ2n) is 3.22. The monoisotopic (exact) mass is 301 g/mol. The van der Waals surface area contributed by atoms with Crippen LogP contribution in [-0.4, -0.2) is 58.9 Å². The molecule has 0 aromatic rings. The summed E-state index contributed by atoms with van der Waals surface area (Å²) in [5.41, 5.74) is 2.52. The third kappa shape index (κ3) is 6.91. The SMILES string of the molecule is CSCCN(NN(CCSC)C(=O)C#N)C(=O)C#N. The standard InChI is InChI=1S/C10H15N5O2S2/c1-18-5-3-14(9(16)7-11)13-15(4-6-19-2)10(17)8-12/h13H,3-6H2,1-2H3. The summed E-state index contributed by atoms with van der Waals surface area (Å²) in [5, 5.41) is 19.3. The molecule has 0 aromatic carbocycles. The number of hydrazine groups is 2. The van der Waals surface area contributed by atoms with Gasteiger partial charge < -0.3 is 0 Å². The van der Waals surface area contributed by atoms with Crippen molar-refractivity contribution in [3.63, 3.8) is 0 Å². The number of hydrogen-bond donors (Lipinski definition) is 1. The van der Waals surface area contributed by atoms with Gasteiger partial charge in [0, 0.05) is 24.6 Å². The second-order valence-corrected chi connectivity index (χ2v) is 5.19. The van der Waals surface area contributed by atoms with Gasteiger partial charge in [-0.25, -0.2) is 10.0 Å². The second kappa shape index (κ2) is 10.5. The van der Waals surface area contributed by atoms with Gasteiger partial charge in [-0.05, 0) is 12.5 Å². The number of nitriles is 2. The van der Waals surface area contributed by atoms with E-state index >= 15 is 0 Å². The summed E-state index contributed by atoms with van der Waals surface area (Å²) < 4.78 is 0. The molecule has 0 heterocycles. The number of amides is 2. The molecule has 0 unspecified atom stereocenters. The van der Waals surface area contributed by atoms with E-state index in [0.717, 1.165) is 10.0 Å². The minimum absolute atomic E-state index is 0.266. The van der Waals surface area contributed by atoms with Crippen molar-refractivity contribution in [2.75, 3.05) is 37.1 Å². The Morgan fingerprint density at radius 2 is 1.37 bits per heavy atom. The van der Waals surface area contributed by atoms with E-state index in [2.05, 4.69) is 5.53 Å². The van der Waals surface area contributed by atoms with Crippen LogP contribution in [0.2, 0.25) is 0 Å². The first-order chi connectivity index (χ1) is 9.10. The minimum Gasteiger partial charge on any atom is -0.255 e. The molecule has 7 nitrogen and oxygen atoms in total. The van der Waals surface area contributed by atoms with Crippen molar-refractivity contribution in [3.8, 4) is 12.1 Å². The fourth-order valence-corrected chi connectivity index (χ4v) is 1.76. The molecule has 2 amide bonds. The summed E-state index contributed by atoms with van der Waals surface area (Å²) in [5.74, 6) is -0.377. The quantitative estimate of drug-likeness (QED) is 0.491. The number of rotatable bonds is 8. The van der Waals surface area contributed by atoms with Crippen LogP contribution in [0.5, 0.6) is 0 Å². The summed E-state index contributed by atoms with van der Waals surface area (Å²) in [4.78, 5) is 22.8. The molecule has 0 aliphatic rings. The molecule has 0 bridgehead atoms. The van der Waals surface area contributed by atoms with E-state index in [4.69, 9.17) is 10.5 Å². The lowest BCUT2D eigenvalue weighted by Gasteiger charge is -2.28. The van der Waals surface area contributed by atoms with Gasteiger partial charge in [0.05, 0.1) is 0 Å². The van der Waals surface area contributed by atoms with Crippen LogP contribution in [-0.2, 0) is 9.59 Å². The topological polar surface area (TPSA) is 100 Å². The predicted molar refractivity (Wildman–Crippen MR) is 74.6 cm³/mol. The molecule has 0 aliphatic heterocycles. The number of carbonyl (C=O) groups excluding carboxylic acids is 2. The van der Waals surface area contributed by atoms with Crippen LogP contribution in [0.25, 0.3) is 0 Å². The fourth-order valence-electron chi connectivity index (χ4n) is 1.03. The smallest absolute Gasteiger partial charge is 0.255 e. The molecule has 0 aromatic heterocycles. The molecule has 104 valence electrons. The number of nitrogens with zero attached hydrogens (tertiary/aromatic N) is 4. The summed E-state index contributed by atoms with van der Waals surface area (Å²) in [7, 11) is 0. The molecule has 0 spiro atoms. The predicted octanol–water partition coefficient (Wildman–Crippen LogP) is -0.164. The highest BCUT2D eigenvalue weighted by Crippen LogP contribution is 1.98. The largest absolute Gasteiger partial charge is 0.340 e. The van der Waals surface area contributed by atoms with Crippen molar-refractivity contribution < 1.29 is 9.59 Å². The van der Waals surface area contributed by atoms with Crippen LogP contribution < -0.4 is 5.53 Å². The van der Waals surface area contributed by atoms with Gasteiger partial charge in [0.15, 0.2) is 12.1 Å². The van der Waals surface area contributed by atoms with Crippen LogP contribution in [0, 0.1) is 22.7 Å². The first-order valence-corrected chi connectivity index (χ1v) is 8.06. The molecule has 0 saturated carbocycles. The van der Waals surface area contributed by atoms with Crippen LogP contribution >= 0.6 is 23.5 Å². The molecule has 0 fully saturated rings. The maximum atomic E-state index is 11.4. The Morgan fingerprint density at radius 1 is 1.00 bits per heavy atom. The zero-order valence-electron chi connectivity index (χ0n) is 10.8. The highest BCUT2D eigenvalue weighted by atomic mass is 32.2. The molecule has 0 radical (unpaired) electrons. The lowest BCUT2D eigenvalue weighted by Crippen LogP contribution is -2.55. The molecule has 0 rings (SSSR count). The number of thioether (sulfide) groups is 2. The highest BCUT2D eigenvalue weighted by Gasteiger charge is 2.19. The number of hydrogen-bond acceptors (Lipinski definition) is 7. The number of nitrogens with one attached hydrogen (secondary N) is 1. The average molecular weight is 301 g/mol. The Hall–Kier alpha value is -1.42. The van der Waals surface area contributed by atoms with Crippen LogP contribution in [0.1, 0.15) is 0 Å². The third-order valence-electron chi connectivity index (χ3n) is 1.96. The maximum Gasteiger partial charge on any atom is 0.340 e. The Bertz CT molecular complexity index is 354. The van der Waals surface area contributed by atoms with Crippen molar-refractivity contribution in [1.82, 2.24) is 15.6 Å². The maximum absolute atomic E-state index is 11.4. The van der Waals surface area contributed by atoms with Crippen LogP contribution in [0.15, 0.2) is 0 Å². The van der Waals surface area contributed by atoms with Crippen molar-refractivity contribution >= 4 is 35.3 Å². The van der Waals surface area contributed by atoms with Crippen molar-refractivity contribution in [1.29, 1.82) is 10.5 Å². The summed E-state index contributed by atoms with van der Waals surface area (Å²) >= 11 is 3.00. The normalized spacial score (nSPS) is 9.26. The van der Waals surface area contributed by atoms with Gasteiger partial charge in [0.2, 0.25) is 0 Å². The Morgan fingerprint density at radius 3 is 1.63 bits per heavy atom. The van der Waals surface area contributed by atoms with Crippen molar-refractivity contribution in [2.45, 2.75) is 0 Å². The molecule has 9 heteroatoms. The molecular weight excluding hydrogens is 286 g/mol. The lowest BCUT2D eigenvalue weighted by atomic mass is 10.5. The molecular formula is C10H15N5O2S2. The Balaban J connectivity index is 4.72. The van der Waals surface area contributed by atoms with Gasteiger partial charge in [0.1, 0.15) is 0 Å². The zero-order valence-corrected chi connectivity index (χ0v) is 12.4. The number of carbonyl (C=O) groups is 2. The molecule has 0 saturated heterocycles. The van der Waals surface area contributed by atoms with Gasteiger partial charge in [-0.15, -0.1) is 5.53 Å². The van der Waals surface area contributed by atoms with Gasteiger partial charge in [-0.2, -0.15) is 34.0 Å². The summed E-state index contributed by atoms with van der Waals surface area (Å²) in [6, 6.07) is 2.96. The van der Waals surface area contributed by atoms with Gasteiger partial charge in [-0.3, -0.25) is 9.59 Å². The van der Waals surface area contributed by atoms with Crippen molar-refractivity contribution in [3.05, 3.63) is 0 Å². The Labute approximate surface area is 120 Å². The first kappa shape index (κ1) is 17.6. The fraction of sp³-hybridized carbons (Fsp3) is 0.600. The molecule has 1 N–H and O–H groups in total. The zero-order chi connectivity index (χ0) is 14.7. The third-order valence-corrected chi connectivity index (χ3v) is 3.14. The molecule has 0 atom stereocenters. The van der Waals surface area contributed by atoms with Crippen LogP contribution in [0.4, 0.5) is 0 Å². The molecule has 0 aliphatic carbocycles. The van der Waals surface area contributed by atoms with Crippen molar-refractivity contribution in [2.24, 2.45) is 0 Å². The van der Waals surface area contributed by atoms with E-state index in [1.807, 2.05) is 12.5 Å². The van der Waals surface area contributed by atoms with Gasteiger partial charge >= 0.3 is 11.8 Å². The first-order valence-electron chi connectivity index (χ1n) is 5.28. The van der Waals surface area contributed by atoms with E-state index in [-0.39, 0.29) is 13.1 Å². The van der Waals surface area contributed by atoms with E-state index < -0.39 is 11.8 Å². The molecule has 19 heavy (non-hydrogen) atoms. The van der Waals surface area contributed by atoms with E-state index in [9.17, 15) is 9.59 Å². The van der Waals surface area contributed by atoms with E-state index in [1.54, 1.807) is 0 Å². The van der Waals surface area contributed by atoms with E-state index in [0.29, 0.717) is 11.5 Å². The Kier molecular flexibility index (Phi) is 9.71. The highest BCUT2D eigenvalue weighted by molar-refractivity contribution is 7.98. The summed E-state index contributed by atoms with van der Waals surface area (Å²) in [6.45, 7) is 0.532. The van der Waals surface area contributed by atoms with Gasteiger partial charge in [-0.1, -0.05) is 0 Å². The van der Waals surface area contributed by atoms with Gasteiger partial charge in [0.25, 0.3) is 0 Å². The van der Waals surface area contributed by atoms with E-state index in [1.165, 1.54) is 35.7 Å². The lowest BCUT2D eigenvalue weighted by molar-refractivity contribution is -0.141. The summed E-state index contributed by atoms with van der Waals surface area (Å²) in [6.07, 6.45) is 3.72. The van der Waals surface area contributed by atoms with Crippen LogP contribution in [0.3, 0.4) is 0 Å².